The molecule has 0 unspecified atom stereocenters. The van der Waals surface area contributed by atoms with Crippen LogP contribution in [0.4, 0.5) is 10.8 Å². The van der Waals surface area contributed by atoms with Crippen LogP contribution in [0.5, 0.6) is 0 Å². The number of thiophene rings is 1. The number of nitrogens with one attached hydrogen (secondary N) is 2. The van der Waals surface area contributed by atoms with Crippen LogP contribution in [0.25, 0.3) is 0 Å². The van der Waals surface area contributed by atoms with Crippen LogP contribution in [-0.2, 0) is 11.3 Å². The Bertz CT molecular complexity index is 838. The second-order valence-corrected chi connectivity index (χ2v) is 9.10. The van der Waals surface area contributed by atoms with Crippen LogP contribution < -0.4 is 10.6 Å². The van der Waals surface area contributed by atoms with E-state index >= 15 is 0 Å². The fourth-order valence-electron chi connectivity index (χ4n) is 1.93. The van der Waals surface area contributed by atoms with Crippen molar-refractivity contribution in [3.63, 3.8) is 0 Å². The van der Waals surface area contributed by atoms with Gasteiger partial charge in [0.15, 0.2) is 4.34 Å². The van der Waals surface area contributed by atoms with Crippen molar-refractivity contribution in [1.82, 2.24) is 15.5 Å². The second-order valence-electron chi connectivity index (χ2n) is 5.07. The maximum absolute atomic E-state index is 12.2. The molecule has 0 aliphatic heterocycles. The van der Waals surface area contributed by atoms with Gasteiger partial charge in [-0.15, -0.1) is 21.5 Å². The van der Waals surface area contributed by atoms with E-state index in [4.69, 9.17) is 11.6 Å². The fraction of sp³-hybridized carbons (Fsp3) is 0.188. The number of nitrogens with zero attached hydrogens (tertiary/aromatic N) is 2. The van der Waals surface area contributed by atoms with Crippen molar-refractivity contribution >= 4 is 62.8 Å². The molecule has 25 heavy (non-hydrogen) atoms. The number of halogens is 1. The van der Waals surface area contributed by atoms with Crippen LogP contribution in [0.15, 0.2) is 46.1 Å². The highest BCUT2D eigenvalue weighted by Gasteiger charge is 2.17. The Morgan fingerprint density at radius 3 is 2.96 bits per heavy atom. The third-order valence-corrected chi connectivity index (χ3v) is 6.28. The highest BCUT2D eigenvalue weighted by atomic mass is 35.5. The number of carbonyl (C=O) groups is 1. The van der Waals surface area contributed by atoms with Crippen LogP contribution in [0.1, 0.15) is 11.8 Å². The topological polar surface area (TPSA) is 66.9 Å². The monoisotopic (exact) mass is 410 g/mol. The average molecular weight is 411 g/mol. The third kappa shape index (κ3) is 5.43. The lowest BCUT2D eigenvalue weighted by Crippen LogP contribution is -2.30. The van der Waals surface area contributed by atoms with Gasteiger partial charge in [-0.05, 0) is 36.6 Å². The van der Waals surface area contributed by atoms with Gasteiger partial charge in [0.1, 0.15) is 0 Å². The largest absolute Gasteiger partial charge is 0.350 e. The summed E-state index contributed by atoms with van der Waals surface area (Å²) >= 11 is 10.4. The van der Waals surface area contributed by atoms with E-state index < -0.39 is 0 Å². The minimum atomic E-state index is -0.244. The van der Waals surface area contributed by atoms with E-state index in [2.05, 4.69) is 20.8 Å². The van der Waals surface area contributed by atoms with Gasteiger partial charge >= 0.3 is 0 Å². The molecule has 0 saturated carbocycles. The third-order valence-electron chi connectivity index (χ3n) is 3.15. The molecule has 0 aliphatic rings. The number of anilines is 2. The van der Waals surface area contributed by atoms with E-state index in [0.717, 1.165) is 14.9 Å². The zero-order valence-electron chi connectivity index (χ0n) is 13.2. The minimum absolute atomic E-state index is 0.0158. The van der Waals surface area contributed by atoms with Crippen molar-refractivity contribution < 1.29 is 4.79 Å². The van der Waals surface area contributed by atoms with Gasteiger partial charge in [0, 0.05) is 15.6 Å². The van der Waals surface area contributed by atoms with E-state index in [9.17, 15) is 4.79 Å². The summed E-state index contributed by atoms with van der Waals surface area (Å²) in [6.45, 7) is 2.42. The van der Waals surface area contributed by atoms with Crippen molar-refractivity contribution in [3.8, 4) is 0 Å². The fourth-order valence-corrected chi connectivity index (χ4v) is 4.71. The summed E-state index contributed by atoms with van der Waals surface area (Å²) in [5, 5.41) is 17.4. The maximum Gasteiger partial charge on any atom is 0.233 e. The molecule has 3 aromatic rings. The Morgan fingerprint density at radius 1 is 1.32 bits per heavy atom. The summed E-state index contributed by atoms with van der Waals surface area (Å²) in [5.74, 6) is -0.0158. The van der Waals surface area contributed by atoms with Gasteiger partial charge in [0.25, 0.3) is 0 Å². The van der Waals surface area contributed by atoms with Crippen LogP contribution >= 0.6 is 46.0 Å². The average Bonchev–Trinajstić information content (AvgIpc) is 3.24. The highest BCUT2D eigenvalue weighted by molar-refractivity contribution is 8.02. The first-order chi connectivity index (χ1) is 12.1. The molecule has 130 valence electrons. The Balaban J connectivity index is 1.52. The molecule has 3 rings (SSSR count). The first-order valence-electron chi connectivity index (χ1n) is 7.43. The number of amides is 1. The standard InChI is InChI=1S/C16H15ClN4OS3/c1-10(14(22)18-9-13-6-3-7-23-13)24-16-21-20-15(25-16)19-12-5-2-4-11(17)8-12/h2-8,10H,9H2,1H3,(H,18,22)(H,19,20)/t10-/m1/s1. The van der Waals surface area contributed by atoms with E-state index in [1.807, 2.05) is 48.7 Å². The molecule has 0 fully saturated rings. The van der Waals surface area contributed by atoms with Crippen LogP contribution in [-0.4, -0.2) is 21.4 Å². The zero-order chi connectivity index (χ0) is 17.6. The number of hydrogen-bond donors (Lipinski definition) is 2. The summed E-state index contributed by atoms with van der Waals surface area (Å²) in [6, 6.07) is 11.4. The number of thioether (sulfide) groups is 1. The minimum Gasteiger partial charge on any atom is -0.350 e. The Hall–Kier alpha value is -1.61. The second kappa shape index (κ2) is 8.66. The van der Waals surface area contributed by atoms with Crippen molar-refractivity contribution in [2.24, 2.45) is 0 Å². The number of rotatable bonds is 7. The Morgan fingerprint density at radius 2 is 2.20 bits per heavy atom. The summed E-state index contributed by atoms with van der Waals surface area (Å²) in [5.41, 5.74) is 0.849. The zero-order valence-corrected chi connectivity index (χ0v) is 16.4. The summed E-state index contributed by atoms with van der Waals surface area (Å²) in [7, 11) is 0. The van der Waals surface area contributed by atoms with E-state index in [1.165, 1.54) is 23.1 Å². The van der Waals surface area contributed by atoms with E-state index in [0.29, 0.717) is 16.7 Å². The lowest BCUT2D eigenvalue weighted by molar-refractivity contribution is -0.120. The predicted octanol–water partition coefficient (Wildman–Crippen LogP) is 4.79. The predicted molar refractivity (Wildman–Crippen MR) is 106 cm³/mol. The van der Waals surface area contributed by atoms with Crippen molar-refractivity contribution in [1.29, 1.82) is 0 Å². The molecule has 2 heterocycles. The van der Waals surface area contributed by atoms with Gasteiger partial charge in [-0.2, -0.15) is 0 Å². The van der Waals surface area contributed by atoms with Gasteiger partial charge in [-0.25, -0.2) is 0 Å². The number of benzene rings is 1. The first-order valence-corrected chi connectivity index (χ1v) is 10.4. The van der Waals surface area contributed by atoms with Crippen molar-refractivity contribution in [2.75, 3.05) is 5.32 Å². The molecule has 0 bridgehead atoms. The molecule has 5 nitrogen and oxygen atoms in total. The van der Waals surface area contributed by atoms with Gasteiger partial charge in [0.05, 0.1) is 11.8 Å². The molecule has 2 aromatic heterocycles. The lowest BCUT2D eigenvalue weighted by Gasteiger charge is -2.09. The molecule has 0 saturated heterocycles. The summed E-state index contributed by atoms with van der Waals surface area (Å²) < 4.78 is 0.739. The molecular weight excluding hydrogens is 396 g/mol. The lowest BCUT2D eigenvalue weighted by atomic mass is 10.3. The van der Waals surface area contributed by atoms with Gasteiger partial charge in [-0.1, -0.05) is 46.8 Å². The first kappa shape index (κ1) is 18.2. The van der Waals surface area contributed by atoms with Gasteiger partial charge in [0.2, 0.25) is 11.0 Å². The quantitative estimate of drug-likeness (QED) is 0.548. The van der Waals surface area contributed by atoms with Crippen molar-refractivity contribution in [2.45, 2.75) is 23.1 Å². The molecule has 1 amide bonds. The molecule has 2 N–H and O–H groups in total. The summed E-state index contributed by atoms with van der Waals surface area (Å²) in [4.78, 5) is 13.3. The van der Waals surface area contributed by atoms with Crippen LogP contribution in [0, 0.1) is 0 Å². The van der Waals surface area contributed by atoms with Crippen LogP contribution in [0.3, 0.4) is 0 Å². The van der Waals surface area contributed by atoms with E-state index in [-0.39, 0.29) is 11.2 Å². The SMILES string of the molecule is C[C@@H](Sc1nnc(Nc2cccc(Cl)c2)s1)C(=O)NCc1cccs1. The Labute approximate surface area is 162 Å². The van der Waals surface area contributed by atoms with Crippen LogP contribution in [0.2, 0.25) is 5.02 Å². The number of aromatic nitrogens is 2. The number of hydrogen-bond acceptors (Lipinski definition) is 7. The molecular formula is C16H15ClN4OS3. The molecule has 9 heteroatoms. The molecule has 1 aromatic carbocycles. The highest BCUT2D eigenvalue weighted by Crippen LogP contribution is 2.30. The molecule has 0 aliphatic carbocycles. The van der Waals surface area contributed by atoms with Gasteiger partial charge in [-0.3, -0.25) is 4.79 Å². The molecule has 0 radical (unpaired) electrons. The normalized spacial score (nSPS) is 11.9. The molecule has 1 atom stereocenters. The maximum atomic E-state index is 12.2. The Kier molecular flexibility index (Phi) is 6.30. The van der Waals surface area contributed by atoms with E-state index in [1.54, 1.807) is 11.3 Å². The van der Waals surface area contributed by atoms with Crippen molar-refractivity contribution in [3.05, 3.63) is 51.7 Å². The summed E-state index contributed by atoms with van der Waals surface area (Å²) in [6.07, 6.45) is 0. The smallest absolute Gasteiger partial charge is 0.233 e. The molecule has 0 spiro atoms. The number of carbonyl (C=O) groups excluding carboxylic acids is 1. The van der Waals surface area contributed by atoms with Gasteiger partial charge < -0.3 is 10.6 Å².